The first-order valence-corrected chi connectivity index (χ1v) is 5.35. The number of nitrogens with zero attached hydrogens (tertiary/aromatic N) is 2. The van der Waals surface area contributed by atoms with Gasteiger partial charge in [-0.25, -0.2) is 0 Å². The molecule has 2 rings (SSSR count). The topological polar surface area (TPSA) is 17.8 Å². The van der Waals surface area contributed by atoms with Crippen LogP contribution in [0.2, 0.25) is 5.15 Å². The fourth-order valence-electron chi connectivity index (χ4n) is 1.45. The van der Waals surface area contributed by atoms with Crippen LogP contribution < -0.4 is 0 Å². The monoisotopic (exact) mass is 198 g/mol. The van der Waals surface area contributed by atoms with Gasteiger partial charge in [0, 0.05) is 5.92 Å². The predicted molar refractivity (Wildman–Crippen MR) is 54.2 cm³/mol. The van der Waals surface area contributed by atoms with Gasteiger partial charge in [-0.3, -0.25) is 4.68 Å². The molecule has 0 aliphatic heterocycles. The van der Waals surface area contributed by atoms with Crippen molar-refractivity contribution < 1.29 is 0 Å². The lowest BCUT2D eigenvalue weighted by Gasteiger charge is -2.09. The van der Waals surface area contributed by atoms with Crippen LogP contribution in [0.25, 0.3) is 0 Å². The van der Waals surface area contributed by atoms with Gasteiger partial charge in [0.1, 0.15) is 5.15 Å². The summed E-state index contributed by atoms with van der Waals surface area (Å²) in [4.78, 5) is 0. The molecule has 1 fully saturated rings. The molecule has 13 heavy (non-hydrogen) atoms. The lowest BCUT2D eigenvalue weighted by molar-refractivity contribution is 0.474. The Morgan fingerprint density at radius 3 is 2.92 bits per heavy atom. The van der Waals surface area contributed by atoms with Crippen LogP contribution in [0.15, 0.2) is 6.07 Å². The summed E-state index contributed by atoms with van der Waals surface area (Å²) in [5.41, 5.74) is 1.19. The maximum Gasteiger partial charge on any atom is 0.127 e. The number of aromatic nitrogens is 2. The Balaban J connectivity index is 2.24. The molecule has 1 aliphatic carbocycles. The minimum atomic E-state index is 0.417. The third-order valence-electron chi connectivity index (χ3n) is 2.71. The summed E-state index contributed by atoms with van der Waals surface area (Å²) in [6, 6.07) is 2.44. The molecule has 0 bridgehead atoms. The van der Waals surface area contributed by atoms with E-state index in [0.29, 0.717) is 12.0 Å². The third kappa shape index (κ3) is 1.73. The first-order chi connectivity index (χ1) is 6.22. The van der Waals surface area contributed by atoms with Crippen LogP contribution in [-0.4, -0.2) is 9.78 Å². The molecular formula is C10H15ClN2. The van der Waals surface area contributed by atoms with Crippen molar-refractivity contribution in [2.24, 2.45) is 0 Å². The fourth-order valence-corrected chi connectivity index (χ4v) is 1.77. The lowest BCUT2D eigenvalue weighted by Crippen LogP contribution is -2.05. The van der Waals surface area contributed by atoms with Gasteiger partial charge in [-0.2, -0.15) is 5.10 Å². The first kappa shape index (κ1) is 9.07. The zero-order valence-corrected chi connectivity index (χ0v) is 8.88. The molecule has 1 atom stereocenters. The van der Waals surface area contributed by atoms with Gasteiger partial charge in [-0.1, -0.05) is 18.5 Å². The molecule has 0 aromatic carbocycles. The third-order valence-corrected chi connectivity index (χ3v) is 3.00. The van der Waals surface area contributed by atoms with Gasteiger partial charge in [0.15, 0.2) is 0 Å². The number of hydrogen-bond acceptors (Lipinski definition) is 1. The van der Waals surface area contributed by atoms with E-state index < -0.39 is 0 Å². The Labute approximate surface area is 83.9 Å². The molecule has 1 aromatic heterocycles. The second-order valence-corrected chi connectivity index (χ2v) is 4.26. The van der Waals surface area contributed by atoms with E-state index in [1.807, 2.05) is 10.7 Å². The molecule has 1 aliphatic rings. The van der Waals surface area contributed by atoms with Crippen molar-refractivity contribution in [2.75, 3.05) is 0 Å². The highest BCUT2D eigenvalue weighted by molar-refractivity contribution is 6.29. The highest BCUT2D eigenvalue weighted by Crippen LogP contribution is 2.40. The summed E-state index contributed by atoms with van der Waals surface area (Å²) in [6.45, 7) is 4.30. The summed E-state index contributed by atoms with van der Waals surface area (Å²) >= 11 is 6.09. The molecule has 1 aromatic rings. The Hall–Kier alpha value is -0.500. The molecule has 0 saturated heterocycles. The van der Waals surface area contributed by atoms with Gasteiger partial charge >= 0.3 is 0 Å². The van der Waals surface area contributed by atoms with E-state index in [-0.39, 0.29) is 0 Å². The van der Waals surface area contributed by atoms with E-state index in [0.717, 1.165) is 11.6 Å². The number of halogens is 1. The molecule has 1 heterocycles. The van der Waals surface area contributed by atoms with Crippen LogP contribution in [0.5, 0.6) is 0 Å². The number of rotatable bonds is 3. The minimum Gasteiger partial charge on any atom is -0.251 e. The fraction of sp³-hybridized carbons (Fsp3) is 0.700. The van der Waals surface area contributed by atoms with E-state index >= 15 is 0 Å². The second kappa shape index (κ2) is 3.33. The van der Waals surface area contributed by atoms with Crippen molar-refractivity contribution in [2.45, 2.75) is 45.1 Å². The second-order valence-electron chi connectivity index (χ2n) is 3.87. The molecule has 72 valence electrons. The van der Waals surface area contributed by atoms with Crippen LogP contribution in [0.4, 0.5) is 0 Å². The maximum absolute atomic E-state index is 6.09. The SMILES string of the molecule is CCC(C)n1nc(C2CC2)cc1Cl. The Morgan fingerprint density at radius 1 is 1.69 bits per heavy atom. The summed E-state index contributed by atoms with van der Waals surface area (Å²) in [5, 5.41) is 5.32. The highest BCUT2D eigenvalue weighted by atomic mass is 35.5. The quantitative estimate of drug-likeness (QED) is 0.728. The molecule has 2 nitrogen and oxygen atoms in total. The smallest absolute Gasteiger partial charge is 0.127 e. The van der Waals surface area contributed by atoms with Crippen molar-refractivity contribution in [3.63, 3.8) is 0 Å². The van der Waals surface area contributed by atoms with Crippen molar-refractivity contribution in [3.8, 4) is 0 Å². The molecule has 0 amide bonds. The van der Waals surface area contributed by atoms with E-state index in [4.69, 9.17) is 11.6 Å². The summed E-state index contributed by atoms with van der Waals surface area (Å²) in [5.74, 6) is 0.697. The van der Waals surface area contributed by atoms with Crippen molar-refractivity contribution in [1.29, 1.82) is 0 Å². The van der Waals surface area contributed by atoms with Gasteiger partial charge in [0.05, 0.1) is 11.7 Å². The van der Waals surface area contributed by atoms with Crippen molar-refractivity contribution in [1.82, 2.24) is 9.78 Å². The summed E-state index contributed by atoms with van der Waals surface area (Å²) in [7, 11) is 0. The van der Waals surface area contributed by atoms with Crippen LogP contribution in [0.1, 0.15) is 50.8 Å². The molecule has 0 spiro atoms. The predicted octanol–water partition coefficient (Wildman–Crippen LogP) is 3.38. The maximum atomic E-state index is 6.09. The van der Waals surface area contributed by atoms with E-state index in [9.17, 15) is 0 Å². The first-order valence-electron chi connectivity index (χ1n) is 4.97. The molecular weight excluding hydrogens is 184 g/mol. The Kier molecular flexibility index (Phi) is 2.33. The normalized spacial score (nSPS) is 19.0. The molecule has 0 N–H and O–H groups in total. The molecule has 1 unspecified atom stereocenters. The zero-order chi connectivity index (χ0) is 9.42. The van der Waals surface area contributed by atoms with E-state index in [2.05, 4.69) is 18.9 Å². The lowest BCUT2D eigenvalue weighted by atomic mass is 10.3. The van der Waals surface area contributed by atoms with Gasteiger partial charge in [-0.05, 0) is 32.3 Å². The highest BCUT2D eigenvalue weighted by Gasteiger charge is 2.27. The summed E-state index contributed by atoms with van der Waals surface area (Å²) in [6.07, 6.45) is 3.65. The van der Waals surface area contributed by atoms with Crippen LogP contribution in [0.3, 0.4) is 0 Å². The molecule has 1 saturated carbocycles. The van der Waals surface area contributed by atoms with Gasteiger partial charge in [0.2, 0.25) is 0 Å². The molecule has 3 heteroatoms. The van der Waals surface area contributed by atoms with Crippen molar-refractivity contribution >= 4 is 11.6 Å². The standard InChI is InChI=1S/C10H15ClN2/c1-3-7(2)13-10(11)6-9(12-13)8-4-5-8/h6-8H,3-5H2,1-2H3. The molecule has 0 radical (unpaired) electrons. The minimum absolute atomic E-state index is 0.417. The van der Waals surface area contributed by atoms with Crippen LogP contribution >= 0.6 is 11.6 Å². The Bertz CT molecular complexity index is 302. The van der Waals surface area contributed by atoms with Crippen molar-refractivity contribution in [3.05, 3.63) is 16.9 Å². The van der Waals surface area contributed by atoms with Gasteiger partial charge < -0.3 is 0 Å². The van der Waals surface area contributed by atoms with E-state index in [1.165, 1.54) is 18.5 Å². The van der Waals surface area contributed by atoms with E-state index in [1.54, 1.807) is 0 Å². The number of hydrogen-bond donors (Lipinski definition) is 0. The van der Waals surface area contributed by atoms with Gasteiger partial charge in [0.25, 0.3) is 0 Å². The average Bonchev–Trinajstić information content (AvgIpc) is 2.89. The zero-order valence-electron chi connectivity index (χ0n) is 8.13. The Morgan fingerprint density at radius 2 is 2.38 bits per heavy atom. The van der Waals surface area contributed by atoms with Gasteiger partial charge in [-0.15, -0.1) is 0 Å². The average molecular weight is 199 g/mol. The largest absolute Gasteiger partial charge is 0.251 e. The van der Waals surface area contributed by atoms with Crippen LogP contribution in [-0.2, 0) is 0 Å². The van der Waals surface area contributed by atoms with Crippen LogP contribution in [0, 0.1) is 0 Å². The summed E-state index contributed by atoms with van der Waals surface area (Å²) < 4.78 is 1.94.